The third-order valence-corrected chi connectivity index (χ3v) is 4.91. The Morgan fingerprint density at radius 3 is 2.65 bits per heavy atom. The lowest BCUT2D eigenvalue weighted by atomic mass is 9.95. The smallest absolute Gasteiger partial charge is 0.272 e. The second-order valence-corrected chi connectivity index (χ2v) is 6.71. The number of piperidine rings is 1. The molecule has 0 atom stereocenters. The van der Waals surface area contributed by atoms with Crippen LogP contribution >= 0.6 is 0 Å². The highest BCUT2D eigenvalue weighted by Gasteiger charge is 2.39. The van der Waals surface area contributed by atoms with E-state index in [1.807, 2.05) is 0 Å². The molecule has 1 aromatic heterocycles. The molecule has 3 heterocycles. The highest BCUT2D eigenvalue weighted by atomic mass is 16.2. The van der Waals surface area contributed by atoms with Crippen LogP contribution in [0.25, 0.3) is 0 Å². The molecule has 136 valence electrons. The summed E-state index contributed by atoms with van der Waals surface area (Å²) in [7, 11) is 0. The Hall–Kier alpha value is -2.75. The first-order chi connectivity index (χ1) is 12.6. The van der Waals surface area contributed by atoms with E-state index in [-0.39, 0.29) is 23.4 Å². The van der Waals surface area contributed by atoms with Crippen LogP contribution in [0.5, 0.6) is 0 Å². The summed E-state index contributed by atoms with van der Waals surface area (Å²) in [6, 6.07) is 5.30. The number of pyridine rings is 1. The zero-order valence-electron chi connectivity index (χ0n) is 14.7. The lowest BCUT2D eigenvalue weighted by Gasteiger charge is -2.31. The molecule has 7 nitrogen and oxygen atoms in total. The van der Waals surface area contributed by atoms with Crippen LogP contribution in [0.3, 0.4) is 0 Å². The van der Waals surface area contributed by atoms with Gasteiger partial charge in [-0.2, -0.15) is 10.2 Å². The topological polar surface area (TPSA) is 87.0 Å². The number of carbonyl (C=O) groups is 2. The normalized spacial score (nSPS) is 18.2. The van der Waals surface area contributed by atoms with Crippen molar-refractivity contribution in [3.05, 3.63) is 30.1 Å². The molecule has 3 rings (SSSR count). The number of rotatable bonds is 7. The maximum absolute atomic E-state index is 12.4. The van der Waals surface area contributed by atoms with Crippen molar-refractivity contribution < 1.29 is 9.59 Å². The van der Waals surface area contributed by atoms with Crippen molar-refractivity contribution in [3.8, 4) is 12.3 Å². The molecule has 0 aromatic carbocycles. The van der Waals surface area contributed by atoms with Crippen molar-refractivity contribution in [3.63, 3.8) is 0 Å². The zero-order chi connectivity index (χ0) is 18.4. The van der Waals surface area contributed by atoms with Crippen LogP contribution in [0.4, 0.5) is 0 Å². The Balaban J connectivity index is 1.39. The fourth-order valence-electron chi connectivity index (χ4n) is 3.19. The molecule has 0 aliphatic carbocycles. The minimum atomic E-state index is -0.363. The minimum Gasteiger partial charge on any atom is -0.356 e. The molecule has 1 aromatic rings. The van der Waals surface area contributed by atoms with Crippen LogP contribution in [0.2, 0.25) is 0 Å². The van der Waals surface area contributed by atoms with E-state index >= 15 is 0 Å². The fourth-order valence-corrected chi connectivity index (χ4v) is 3.19. The van der Waals surface area contributed by atoms with Crippen LogP contribution in [0, 0.1) is 18.3 Å². The lowest BCUT2D eigenvalue weighted by molar-refractivity contribution is -0.126. The van der Waals surface area contributed by atoms with E-state index in [0.717, 1.165) is 6.42 Å². The fraction of sp³-hybridized carbons (Fsp3) is 0.526. The van der Waals surface area contributed by atoms with Crippen LogP contribution in [-0.4, -0.2) is 47.0 Å². The van der Waals surface area contributed by atoms with Crippen molar-refractivity contribution in [2.24, 2.45) is 16.1 Å². The number of hydrogen-bond donors (Lipinski definition) is 1. The molecule has 2 aliphatic rings. The van der Waals surface area contributed by atoms with Crippen molar-refractivity contribution in [1.82, 2.24) is 15.2 Å². The van der Waals surface area contributed by atoms with Crippen LogP contribution in [0.15, 0.2) is 34.6 Å². The number of nitrogens with zero attached hydrogens (tertiary/aromatic N) is 4. The van der Waals surface area contributed by atoms with Gasteiger partial charge < -0.3 is 10.2 Å². The van der Waals surface area contributed by atoms with Gasteiger partial charge in [0, 0.05) is 51.0 Å². The van der Waals surface area contributed by atoms with Crippen molar-refractivity contribution in [1.29, 1.82) is 0 Å². The van der Waals surface area contributed by atoms with E-state index < -0.39 is 0 Å². The molecule has 0 radical (unpaired) electrons. The SMILES string of the molecule is C#CCCC1(CCNC(=O)C2CCN(C(=O)c3ccccn3)CC2)N=N1. The van der Waals surface area contributed by atoms with E-state index in [2.05, 4.69) is 26.4 Å². The van der Waals surface area contributed by atoms with Gasteiger partial charge in [0.2, 0.25) is 5.91 Å². The van der Waals surface area contributed by atoms with Gasteiger partial charge in [-0.25, -0.2) is 0 Å². The summed E-state index contributed by atoms with van der Waals surface area (Å²) in [6.45, 7) is 1.69. The summed E-state index contributed by atoms with van der Waals surface area (Å²) in [5, 5.41) is 11.1. The third kappa shape index (κ3) is 4.45. The first kappa shape index (κ1) is 18.1. The molecular weight excluding hydrogens is 330 g/mol. The predicted molar refractivity (Wildman–Crippen MR) is 96.1 cm³/mol. The average Bonchev–Trinajstić information content (AvgIpc) is 3.46. The molecule has 1 fully saturated rings. The summed E-state index contributed by atoms with van der Waals surface area (Å²) in [6.07, 6.45) is 10.3. The Morgan fingerprint density at radius 2 is 2.04 bits per heavy atom. The van der Waals surface area contributed by atoms with Crippen LogP contribution in [0.1, 0.15) is 42.6 Å². The lowest BCUT2D eigenvalue weighted by Crippen LogP contribution is -2.43. The molecule has 2 amide bonds. The largest absolute Gasteiger partial charge is 0.356 e. The molecule has 2 aliphatic heterocycles. The number of terminal acetylenes is 1. The van der Waals surface area contributed by atoms with Gasteiger partial charge in [-0.05, 0) is 25.0 Å². The first-order valence-corrected chi connectivity index (χ1v) is 8.99. The molecule has 7 heteroatoms. The van der Waals surface area contributed by atoms with Crippen molar-refractivity contribution in [2.75, 3.05) is 19.6 Å². The quantitative estimate of drug-likeness (QED) is 0.761. The summed E-state index contributed by atoms with van der Waals surface area (Å²) >= 11 is 0. The summed E-state index contributed by atoms with van der Waals surface area (Å²) in [5.41, 5.74) is 0.0857. The monoisotopic (exact) mass is 353 g/mol. The molecule has 0 unspecified atom stereocenters. The van der Waals surface area contributed by atoms with E-state index in [1.54, 1.807) is 29.3 Å². The maximum atomic E-state index is 12.4. The van der Waals surface area contributed by atoms with E-state index in [9.17, 15) is 9.59 Å². The Bertz CT molecular complexity index is 711. The average molecular weight is 353 g/mol. The third-order valence-electron chi connectivity index (χ3n) is 4.91. The van der Waals surface area contributed by atoms with Gasteiger partial charge in [-0.15, -0.1) is 12.3 Å². The molecule has 26 heavy (non-hydrogen) atoms. The van der Waals surface area contributed by atoms with E-state index in [0.29, 0.717) is 51.0 Å². The molecule has 0 bridgehead atoms. The van der Waals surface area contributed by atoms with Gasteiger partial charge in [0.15, 0.2) is 5.66 Å². The Kier molecular flexibility index (Phi) is 5.61. The highest BCUT2D eigenvalue weighted by Crippen LogP contribution is 2.36. The van der Waals surface area contributed by atoms with Crippen molar-refractivity contribution in [2.45, 2.75) is 37.8 Å². The standard InChI is InChI=1S/C19H23N5O2/c1-2-3-9-19(22-23-19)10-12-21-17(25)15-7-13-24(14-8-15)18(26)16-6-4-5-11-20-16/h1,4-6,11,15H,3,7-10,12-14H2,(H,21,25). The maximum Gasteiger partial charge on any atom is 0.272 e. The van der Waals surface area contributed by atoms with Gasteiger partial charge in [-0.1, -0.05) is 6.07 Å². The van der Waals surface area contributed by atoms with Gasteiger partial charge in [0.25, 0.3) is 5.91 Å². The highest BCUT2D eigenvalue weighted by molar-refractivity contribution is 5.92. The molecule has 1 saturated heterocycles. The number of hydrogen-bond acceptors (Lipinski definition) is 5. The number of likely N-dealkylation sites (tertiary alicyclic amines) is 1. The van der Waals surface area contributed by atoms with Gasteiger partial charge in [0.1, 0.15) is 5.69 Å². The van der Waals surface area contributed by atoms with Gasteiger partial charge in [-0.3, -0.25) is 14.6 Å². The summed E-state index contributed by atoms with van der Waals surface area (Å²) < 4.78 is 0. The molecular formula is C19H23N5O2. The minimum absolute atomic E-state index is 0.0442. The van der Waals surface area contributed by atoms with E-state index in [1.165, 1.54) is 0 Å². The first-order valence-electron chi connectivity index (χ1n) is 8.99. The zero-order valence-corrected chi connectivity index (χ0v) is 14.7. The number of carbonyl (C=O) groups excluding carboxylic acids is 2. The predicted octanol–water partition coefficient (Wildman–Crippen LogP) is 2.02. The van der Waals surface area contributed by atoms with Gasteiger partial charge >= 0.3 is 0 Å². The summed E-state index contributed by atoms with van der Waals surface area (Å²) in [5.74, 6) is 2.51. The molecule has 0 saturated carbocycles. The Labute approximate surface area is 153 Å². The number of nitrogens with one attached hydrogen (secondary N) is 1. The molecule has 1 N–H and O–H groups in total. The molecule has 0 spiro atoms. The van der Waals surface area contributed by atoms with Crippen LogP contribution < -0.4 is 5.32 Å². The number of amides is 2. The second-order valence-electron chi connectivity index (χ2n) is 6.71. The van der Waals surface area contributed by atoms with E-state index in [4.69, 9.17) is 6.42 Å². The van der Waals surface area contributed by atoms with Crippen LogP contribution in [-0.2, 0) is 4.79 Å². The van der Waals surface area contributed by atoms with Crippen molar-refractivity contribution >= 4 is 11.8 Å². The summed E-state index contributed by atoms with van der Waals surface area (Å²) in [4.78, 5) is 30.6. The Morgan fingerprint density at radius 1 is 1.27 bits per heavy atom. The second kappa shape index (κ2) is 8.09. The number of aromatic nitrogens is 1. The van der Waals surface area contributed by atoms with Gasteiger partial charge in [0.05, 0.1) is 0 Å².